The minimum Gasteiger partial charge on any atom is -0.756 e. The molecule has 0 saturated heterocycles. The number of hydrogen-bond donors (Lipinski definition) is 0. The summed E-state index contributed by atoms with van der Waals surface area (Å²) < 4.78 is 33.6. The number of carbonyl (C=O) groups is 2. The zero-order valence-corrected chi connectivity index (χ0v) is 30.5. The first kappa shape index (κ1) is 43.8. The molecule has 0 radical (unpaired) electrons. The van der Waals surface area contributed by atoms with Crippen LogP contribution in [0.25, 0.3) is 0 Å². The minimum absolute atomic E-state index is 0.0302. The second kappa shape index (κ2) is 28.9. The normalized spacial score (nSPS) is 14.0. The number of quaternary nitrogens is 1. The lowest BCUT2D eigenvalue weighted by Crippen LogP contribution is -2.37. The SMILES string of the molecule is CCCCCCC/C=C/CCCCCCCC(=O)O[C@H](COC(=O)CCCCCCCCC)COP(=O)([O-])OCC[N+](C)(C)C. The van der Waals surface area contributed by atoms with Gasteiger partial charge in [-0.05, 0) is 38.5 Å². The first-order valence-electron chi connectivity index (χ1n) is 17.9. The predicted molar refractivity (Wildman–Crippen MR) is 181 cm³/mol. The Morgan fingerprint density at radius 1 is 0.667 bits per heavy atom. The molecule has 266 valence electrons. The van der Waals surface area contributed by atoms with E-state index >= 15 is 0 Å². The van der Waals surface area contributed by atoms with Gasteiger partial charge in [0.25, 0.3) is 7.82 Å². The van der Waals surface area contributed by atoms with Crippen LogP contribution in [-0.2, 0) is 32.7 Å². The summed E-state index contributed by atoms with van der Waals surface area (Å²) >= 11 is 0. The van der Waals surface area contributed by atoms with Gasteiger partial charge in [0.05, 0.1) is 27.7 Å². The maximum atomic E-state index is 12.5. The van der Waals surface area contributed by atoms with Gasteiger partial charge in [0.15, 0.2) is 6.10 Å². The summed E-state index contributed by atoms with van der Waals surface area (Å²) in [5, 5.41) is 0. The highest BCUT2D eigenvalue weighted by molar-refractivity contribution is 7.45. The van der Waals surface area contributed by atoms with Gasteiger partial charge in [-0.3, -0.25) is 14.2 Å². The molecule has 0 N–H and O–H groups in total. The minimum atomic E-state index is -4.61. The van der Waals surface area contributed by atoms with Gasteiger partial charge in [-0.25, -0.2) is 0 Å². The molecular weight excluding hydrogens is 593 g/mol. The van der Waals surface area contributed by atoms with Crippen LogP contribution < -0.4 is 4.89 Å². The van der Waals surface area contributed by atoms with Gasteiger partial charge in [-0.2, -0.15) is 0 Å². The highest BCUT2D eigenvalue weighted by Crippen LogP contribution is 2.38. The fourth-order valence-electron chi connectivity index (χ4n) is 4.65. The Hall–Kier alpha value is -1.25. The quantitative estimate of drug-likeness (QED) is 0.0232. The average molecular weight is 662 g/mol. The third kappa shape index (κ3) is 32.5. The third-order valence-corrected chi connectivity index (χ3v) is 8.50. The number of phosphoric acid groups is 1. The average Bonchev–Trinajstić information content (AvgIpc) is 2.97. The van der Waals surface area contributed by atoms with Crippen LogP contribution in [0.1, 0.15) is 149 Å². The van der Waals surface area contributed by atoms with Gasteiger partial charge < -0.3 is 27.9 Å². The monoisotopic (exact) mass is 661 g/mol. The Morgan fingerprint density at radius 3 is 1.64 bits per heavy atom. The topological polar surface area (TPSA) is 111 Å². The molecule has 2 atom stereocenters. The van der Waals surface area contributed by atoms with Crippen molar-refractivity contribution in [1.82, 2.24) is 0 Å². The van der Waals surface area contributed by atoms with Crippen molar-refractivity contribution >= 4 is 19.8 Å². The second-order valence-corrected chi connectivity index (χ2v) is 14.6. The molecular formula is C35H68NO8P. The van der Waals surface area contributed by atoms with Gasteiger partial charge in [-0.1, -0.05) is 109 Å². The van der Waals surface area contributed by atoms with Crippen molar-refractivity contribution in [2.24, 2.45) is 0 Å². The summed E-state index contributed by atoms with van der Waals surface area (Å²) in [4.78, 5) is 37.1. The molecule has 0 saturated carbocycles. The molecule has 0 bridgehead atoms. The van der Waals surface area contributed by atoms with Crippen molar-refractivity contribution in [1.29, 1.82) is 0 Å². The van der Waals surface area contributed by atoms with Gasteiger partial charge in [0.2, 0.25) is 0 Å². The van der Waals surface area contributed by atoms with Crippen LogP contribution in [0.4, 0.5) is 0 Å². The van der Waals surface area contributed by atoms with Crippen LogP contribution in [0.15, 0.2) is 12.2 Å². The lowest BCUT2D eigenvalue weighted by atomic mass is 10.1. The molecule has 0 aliphatic heterocycles. The molecule has 0 aliphatic rings. The standard InChI is InChI=1S/C35H68NO8P/c1-6-8-10-12-14-15-16-17-18-19-20-22-24-26-28-35(38)44-33(32-43-45(39,40)42-30-29-36(3,4)5)31-41-34(37)27-25-23-21-13-11-9-7-2/h16-17,33H,6-15,18-32H2,1-5H3/b17-16+/t33-/m1/s1. The van der Waals surface area contributed by atoms with Crippen LogP contribution in [0.2, 0.25) is 0 Å². The van der Waals surface area contributed by atoms with E-state index in [2.05, 4.69) is 26.0 Å². The Labute approximate surface area is 276 Å². The smallest absolute Gasteiger partial charge is 0.306 e. The Bertz CT molecular complexity index is 799. The summed E-state index contributed by atoms with van der Waals surface area (Å²) in [7, 11) is 1.16. The Kier molecular flexibility index (Phi) is 28.1. The molecule has 0 rings (SSSR count). The molecule has 9 nitrogen and oxygen atoms in total. The van der Waals surface area contributed by atoms with E-state index in [9.17, 15) is 19.0 Å². The van der Waals surface area contributed by atoms with E-state index in [1.165, 1.54) is 64.2 Å². The maximum Gasteiger partial charge on any atom is 0.306 e. The number of rotatable bonds is 32. The van der Waals surface area contributed by atoms with E-state index in [0.717, 1.165) is 51.4 Å². The van der Waals surface area contributed by atoms with Crippen molar-refractivity contribution < 1.29 is 42.1 Å². The van der Waals surface area contributed by atoms with Gasteiger partial charge >= 0.3 is 11.9 Å². The summed E-state index contributed by atoms with van der Waals surface area (Å²) in [5.41, 5.74) is 0. The van der Waals surface area contributed by atoms with Crippen molar-refractivity contribution in [3.8, 4) is 0 Å². The highest BCUT2D eigenvalue weighted by atomic mass is 31.2. The van der Waals surface area contributed by atoms with Gasteiger partial charge in [0, 0.05) is 12.8 Å². The summed E-state index contributed by atoms with van der Waals surface area (Å²) in [6.07, 6.45) is 25.4. The van der Waals surface area contributed by atoms with E-state index in [-0.39, 0.29) is 26.1 Å². The number of allylic oxidation sites excluding steroid dienone is 2. The van der Waals surface area contributed by atoms with E-state index < -0.39 is 32.5 Å². The fourth-order valence-corrected chi connectivity index (χ4v) is 5.38. The first-order valence-corrected chi connectivity index (χ1v) is 19.4. The molecule has 0 aromatic heterocycles. The molecule has 45 heavy (non-hydrogen) atoms. The largest absolute Gasteiger partial charge is 0.756 e. The molecule has 0 aliphatic carbocycles. The highest BCUT2D eigenvalue weighted by Gasteiger charge is 2.21. The fraction of sp³-hybridized carbons (Fsp3) is 0.886. The Morgan fingerprint density at radius 2 is 1.13 bits per heavy atom. The van der Waals surface area contributed by atoms with Crippen molar-refractivity contribution in [3.63, 3.8) is 0 Å². The number of likely N-dealkylation sites (N-methyl/N-ethyl adjacent to an activating group) is 1. The number of phosphoric ester groups is 1. The molecule has 0 heterocycles. The zero-order chi connectivity index (χ0) is 33.7. The predicted octanol–water partition coefficient (Wildman–Crippen LogP) is 8.44. The van der Waals surface area contributed by atoms with Crippen molar-refractivity contribution in [2.75, 3.05) is 47.5 Å². The van der Waals surface area contributed by atoms with Gasteiger partial charge in [-0.15, -0.1) is 0 Å². The summed E-state index contributed by atoms with van der Waals surface area (Å²) in [6, 6.07) is 0. The number of nitrogens with zero attached hydrogens (tertiary/aromatic N) is 1. The van der Waals surface area contributed by atoms with Crippen LogP contribution in [0.3, 0.4) is 0 Å². The Balaban J connectivity index is 4.45. The van der Waals surface area contributed by atoms with E-state index in [4.69, 9.17) is 18.5 Å². The maximum absolute atomic E-state index is 12.5. The first-order chi connectivity index (χ1) is 21.5. The number of esters is 2. The van der Waals surface area contributed by atoms with Gasteiger partial charge in [0.1, 0.15) is 19.8 Å². The number of unbranched alkanes of at least 4 members (excludes halogenated alkanes) is 16. The lowest BCUT2D eigenvalue weighted by Gasteiger charge is -2.28. The molecule has 0 fully saturated rings. The lowest BCUT2D eigenvalue weighted by molar-refractivity contribution is -0.870. The van der Waals surface area contributed by atoms with Crippen LogP contribution >= 0.6 is 7.82 Å². The molecule has 1 unspecified atom stereocenters. The van der Waals surface area contributed by atoms with Crippen molar-refractivity contribution in [3.05, 3.63) is 12.2 Å². The third-order valence-electron chi connectivity index (χ3n) is 7.54. The van der Waals surface area contributed by atoms with E-state index in [0.29, 0.717) is 17.4 Å². The van der Waals surface area contributed by atoms with Crippen molar-refractivity contribution in [2.45, 2.75) is 155 Å². The van der Waals surface area contributed by atoms with Crippen LogP contribution in [0, 0.1) is 0 Å². The summed E-state index contributed by atoms with van der Waals surface area (Å²) in [5.74, 6) is -0.851. The molecule has 10 heteroatoms. The molecule has 0 aromatic carbocycles. The number of hydrogen-bond acceptors (Lipinski definition) is 8. The summed E-state index contributed by atoms with van der Waals surface area (Å²) in [6.45, 7) is 4.14. The van der Waals surface area contributed by atoms with Crippen LogP contribution in [0.5, 0.6) is 0 Å². The van der Waals surface area contributed by atoms with E-state index in [1.54, 1.807) is 0 Å². The second-order valence-electron chi connectivity index (χ2n) is 13.2. The molecule has 0 amide bonds. The molecule has 0 spiro atoms. The van der Waals surface area contributed by atoms with E-state index in [1.807, 2.05) is 21.1 Å². The number of ether oxygens (including phenoxy) is 2. The molecule has 0 aromatic rings. The number of carbonyl (C=O) groups excluding carboxylic acids is 2. The van der Waals surface area contributed by atoms with Crippen LogP contribution in [-0.4, -0.2) is 70.0 Å². The zero-order valence-electron chi connectivity index (χ0n) is 29.6.